The van der Waals surface area contributed by atoms with Crippen LogP contribution < -0.4 is 34.9 Å². The van der Waals surface area contributed by atoms with Crippen LogP contribution in [0.1, 0.15) is 59.5 Å². The van der Waals surface area contributed by atoms with Crippen molar-refractivity contribution in [1.29, 1.82) is 0 Å². The normalized spacial score (nSPS) is 21.4. The van der Waals surface area contributed by atoms with Crippen molar-refractivity contribution in [2.45, 2.75) is 54.9 Å². The van der Waals surface area contributed by atoms with Crippen molar-refractivity contribution >= 4 is 30.5 Å². The Bertz CT molecular complexity index is 2600. The molecule has 4 atom stereocenters. The summed E-state index contributed by atoms with van der Waals surface area (Å²) in [6.07, 6.45) is -6.38. The average Bonchev–Trinajstić information content (AvgIpc) is 3.97. The first-order valence-corrected chi connectivity index (χ1v) is 20.8. The molecule has 3 aliphatic rings. The van der Waals surface area contributed by atoms with Crippen LogP contribution in [0.15, 0.2) is 85.2 Å². The number of nitrogens with one attached hydrogen (secondary N) is 3. The van der Waals surface area contributed by atoms with Gasteiger partial charge >= 0.3 is 12.4 Å². The Kier molecular flexibility index (Phi) is 12.7. The number of carbonyl (C=O) groups excluding carboxylic acids is 1. The molecular formula is C45H45ClF6N10O5. The highest BCUT2D eigenvalue weighted by molar-refractivity contribution is 5.85. The Morgan fingerprint density at radius 2 is 1.09 bits per heavy atom. The molecule has 1 amide bonds. The highest BCUT2D eigenvalue weighted by Gasteiger charge is 2.49. The van der Waals surface area contributed by atoms with Gasteiger partial charge in [-0.15, -0.1) is 12.4 Å². The lowest BCUT2D eigenvalue weighted by Gasteiger charge is -2.44. The van der Waals surface area contributed by atoms with E-state index in [1.54, 1.807) is 60.7 Å². The summed E-state index contributed by atoms with van der Waals surface area (Å²) in [4.78, 5) is 23.9. The number of alkyl halides is 6. The molecule has 3 N–H and O–H groups in total. The summed E-state index contributed by atoms with van der Waals surface area (Å²) >= 11 is 0. The van der Waals surface area contributed by atoms with E-state index in [0.717, 1.165) is 9.36 Å². The standard InChI is InChI=1S/C45H44F6N10O5.ClH/c1-63-33-7-5-25(15-35(33)65-3)29-19-39(44(46,47)48)60-41(55-29)21-31(57-60)27-9-11-53-37(17-27)43(23-52-13-14-59(43)24-62)38-18-28(10-12-54-38)32-22-42-56-30(20-40(45(49,50)51)61(42)58-32)26-6-8-34(64-2)36(16-26)66-4;/h5-12,15-18,21-22,24,29-30,39-40,52,55-56H,13-14,19-20,23H2,1-4H3;1H. The Morgan fingerprint density at radius 3 is 1.49 bits per heavy atom. The van der Waals surface area contributed by atoms with Gasteiger partial charge in [0, 0.05) is 68.1 Å². The zero-order chi connectivity index (χ0) is 46.5. The number of ether oxygens (including phenoxy) is 4. The minimum Gasteiger partial charge on any atom is -0.493 e. The van der Waals surface area contributed by atoms with E-state index in [-0.39, 0.29) is 61.4 Å². The topological polar surface area (TPSA) is 155 Å². The first kappa shape index (κ1) is 46.8. The van der Waals surface area contributed by atoms with Crippen LogP contribution in [0.3, 0.4) is 0 Å². The van der Waals surface area contributed by atoms with E-state index in [1.807, 2.05) is 0 Å². The van der Waals surface area contributed by atoms with Crippen molar-refractivity contribution in [2.24, 2.45) is 0 Å². The molecule has 2 aromatic carbocycles. The Hall–Kier alpha value is -6.74. The van der Waals surface area contributed by atoms with E-state index in [0.29, 0.717) is 69.6 Å². The number of fused-ring (bicyclic) bond motifs is 2. The van der Waals surface area contributed by atoms with E-state index in [4.69, 9.17) is 28.9 Å². The van der Waals surface area contributed by atoms with E-state index in [2.05, 4.69) is 26.1 Å². The monoisotopic (exact) mass is 954 g/mol. The predicted molar refractivity (Wildman–Crippen MR) is 236 cm³/mol. The number of piperazine rings is 1. The number of amides is 1. The zero-order valence-electron chi connectivity index (χ0n) is 36.4. The molecule has 0 radical (unpaired) electrons. The number of methoxy groups -OCH3 is 4. The molecule has 0 aliphatic carbocycles. The highest BCUT2D eigenvalue weighted by Crippen LogP contribution is 2.48. The zero-order valence-corrected chi connectivity index (χ0v) is 37.2. The van der Waals surface area contributed by atoms with Crippen molar-refractivity contribution < 1.29 is 50.1 Å². The van der Waals surface area contributed by atoms with E-state index in [9.17, 15) is 31.1 Å². The molecule has 0 bridgehead atoms. The Morgan fingerprint density at radius 1 is 0.642 bits per heavy atom. The maximum Gasteiger partial charge on any atom is 0.410 e. The van der Waals surface area contributed by atoms with Crippen LogP contribution in [0.25, 0.3) is 22.5 Å². The predicted octanol–water partition coefficient (Wildman–Crippen LogP) is 8.29. The van der Waals surface area contributed by atoms with Crippen molar-refractivity contribution in [3.63, 3.8) is 0 Å². The van der Waals surface area contributed by atoms with Crippen LogP contribution in [-0.2, 0) is 10.3 Å². The van der Waals surface area contributed by atoms with Gasteiger partial charge in [-0.1, -0.05) is 12.1 Å². The summed E-state index contributed by atoms with van der Waals surface area (Å²) in [5.41, 5.74) is 1.61. The number of aromatic nitrogens is 6. The minimum atomic E-state index is -4.65. The molecule has 1 fully saturated rings. The molecule has 1 saturated heterocycles. The quantitative estimate of drug-likeness (QED) is 0.0846. The fourth-order valence-electron chi connectivity index (χ4n) is 9.15. The average molecular weight is 955 g/mol. The second kappa shape index (κ2) is 18.2. The number of hydrogen-bond donors (Lipinski definition) is 3. The Labute approximate surface area is 386 Å². The highest BCUT2D eigenvalue weighted by atomic mass is 35.5. The SMILES string of the molecule is COc1ccc(C2CC(C(F)(F)F)n3nc(-c4ccnc(C5(c6cc(-c7cc8n(n7)C(C(F)(F)F)CC(c7ccc(OC)c(OC)c7)N8)ccn6)CNCCN5C=O)c4)cc3N2)cc1OC.Cl. The van der Waals surface area contributed by atoms with Crippen LogP contribution in [0.4, 0.5) is 38.0 Å². The summed E-state index contributed by atoms with van der Waals surface area (Å²) in [7, 11) is 5.84. The summed E-state index contributed by atoms with van der Waals surface area (Å²) in [6.45, 7) is 0.772. The molecule has 6 aromatic rings. The first-order chi connectivity index (χ1) is 31.7. The molecule has 22 heteroatoms. The molecule has 67 heavy (non-hydrogen) atoms. The van der Waals surface area contributed by atoms with E-state index in [1.165, 1.54) is 57.9 Å². The molecular weight excluding hydrogens is 910 g/mol. The second-order valence-electron chi connectivity index (χ2n) is 16.1. The van der Waals surface area contributed by atoms with Gasteiger partial charge in [0.25, 0.3) is 0 Å². The number of halogens is 7. The van der Waals surface area contributed by atoms with Crippen LogP contribution >= 0.6 is 12.4 Å². The summed E-state index contributed by atoms with van der Waals surface area (Å²) in [6, 6.07) is 14.1. The largest absolute Gasteiger partial charge is 0.493 e. The van der Waals surface area contributed by atoms with Gasteiger partial charge < -0.3 is 39.8 Å². The van der Waals surface area contributed by atoms with E-state index < -0.39 is 42.1 Å². The number of nitrogens with zero attached hydrogens (tertiary/aromatic N) is 7. The smallest absolute Gasteiger partial charge is 0.410 e. The van der Waals surface area contributed by atoms with Crippen molar-refractivity contribution in [3.05, 3.63) is 108 Å². The van der Waals surface area contributed by atoms with Gasteiger partial charge in [-0.3, -0.25) is 14.8 Å². The first-order valence-electron chi connectivity index (χ1n) is 20.8. The molecule has 0 saturated carbocycles. The van der Waals surface area contributed by atoms with Gasteiger partial charge in [0.1, 0.15) is 17.2 Å². The molecule has 4 unspecified atom stereocenters. The molecule has 354 valence electrons. The van der Waals surface area contributed by atoms with Gasteiger partial charge in [-0.2, -0.15) is 36.5 Å². The van der Waals surface area contributed by atoms with Crippen molar-refractivity contribution in [3.8, 4) is 45.5 Å². The number of rotatable bonds is 11. The van der Waals surface area contributed by atoms with Crippen LogP contribution in [0, 0.1) is 0 Å². The summed E-state index contributed by atoms with van der Waals surface area (Å²) in [5.74, 6) is 1.88. The van der Waals surface area contributed by atoms with Gasteiger partial charge in [0.15, 0.2) is 35.1 Å². The fourth-order valence-corrected chi connectivity index (χ4v) is 9.15. The number of benzene rings is 2. The van der Waals surface area contributed by atoms with Gasteiger partial charge in [0.05, 0.1) is 63.3 Å². The van der Waals surface area contributed by atoms with Gasteiger partial charge in [-0.25, -0.2) is 9.36 Å². The molecule has 0 spiro atoms. The van der Waals surface area contributed by atoms with Crippen molar-refractivity contribution in [2.75, 3.05) is 58.7 Å². The lowest BCUT2D eigenvalue weighted by molar-refractivity contribution is -0.174. The van der Waals surface area contributed by atoms with Crippen LogP contribution in [0.2, 0.25) is 0 Å². The molecule has 3 aliphatic heterocycles. The molecule has 15 nitrogen and oxygen atoms in total. The number of hydrogen-bond acceptors (Lipinski definition) is 12. The number of carbonyl (C=O) groups is 1. The van der Waals surface area contributed by atoms with Crippen molar-refractivity contribution in [1.82, 2.24) is 39.7 Å². The lowest BCUT2D eigenvalue weighted by atomic mass is 9.85. The number of anilines is 2. The molecule has 7 heterocycles. The second-order valence-corrected chi connectivity index (χ2v) is 16.1. The fraction of sp³-hybridized carbons (Fsp3) is 0.356. The van der Waals surface area contributed by atoms with Gasteiger partial charge in [0.2, 0.25) is 6.41 Å². The third-order valence-corrected chi connectivity index (χ3v) is 12.5. The molecule has 9 rings (SSSR count). The molecule has 4 aromatic heterocycles. The van der Waals surface area contributed by atoms with Crippen LogP contribution in [0.5, 0.6) is 23.0 Å². The van der Waals surface area contributed by atoms with E-state index >= 15 is 0 Å². The minimum absolute atomic E-state index is 0. The Balaban J connectivity index is 0.00000608. The third kappa shape index (κ3) is 8.49. The summed E-state index contributed by atoms with van der Waals surface area (Å²) < 4.78 is 112. The maximum absolute atomic E-state index is 14.8. The maximum atomic E-state index is 14.8. The summed E-state index contributed by atoms with van der Waals surface area (Å²) in [5, 5.41) is 18.7. The lowest BCUT2D eigenvalue weighted by Crippen LogP contribution is -2.59. The third-order valence-electron chi connectivity index (χ3n) is 12.5. The van der Waals surface area contributed by atoms with Crippen LogP contribution in [-0.4, -0.2) is 101 Å². The number of pyridine rings is 2. The van der Waals surface area contributed by atoms with Gasteiger partial charge in [-0.05, 0) is 59.7 Å².